The van der Waals surface area contributed by atoms with E-state index in [1.54, 1.807) is 13.2 Å². The first kappa shape index (κ1) is 34.6. The Labute approximate surface area is 284 Å². The van der Waals surface area contributed by atoms with Gasteiger partial charge in [0.25, 0.3) is 0 Å². The van der Waals surface area contributed by atoms with Gasteiger partial charge in [0, 0.05) is 35.3 Å². The van der Waals surface area contributed by atoms with Gasteiger partial charge in [0.15, 0.2) is 0 Å². The van der Waals surface area contributed by atoms with Crippen LogP contribution >= 0.6 is 28.3 Å². The number of hydrazine groups is 1. The number of ether oxygens (including phenoxy) is 2. The summed E-state index contributed by atoms with van der Waals surface area (Å²) < 4.78 is 11.8. The summed E-state index contributed by atoms with van der Waals surface area (Å²) in [5.41, 5.74) is 9.98. The molecular weight excluding hydrogens is 670 g/mol. The van der Waals surface area contributed by atoms with E-state index in [1.165, 1.54) is 25.7 Å². The molecule has 1 unspecified atom stereocenters. The number of carbonyl (C=O) groups excluding carboxylic acids is 1. The third-order valence-electron chi connectivity index (χ3n) is 8.05. The number of hydrogen-bond donors (Lipinski definition) is 2. The number of anilines is 3. The minimum absolute atomic E-state index is 0. The predicted molar refractivity (Wildman–Crippen MR) is 189 cm³/mol. The number of piperidine rings is 1. The maximum atomic E-state index is 12.0. The van der Waals surface area contributed by atoms with Crippen molar-refractivity contribution >= 4 is 57.3 Å². The standard InChI is InChI=1S/C36H36BrN3O5.ClH/c1-24-11-10-14-32(39-18-8-5-9-19-39)35(24)40(26-15-16-27(33(21-26)44-2)25-12-6-4-7-13-25)38-31(17-20-41)28-23-34(45-3)29(36(42)43)22-30(28)37;/h4,6-7,10-17,21-23,31,38H,5,8-9,18-19H2,1-3H3,(H,42,43);1H. The molecule has 0 radical (unpaired) electrons. The van der Waals surface area contributed by atoms with Crippen molar-refractivity contribution in [1.82, 2.24) is 5.43 Å². The average molecular weight is 707 g/mol. The molecule has 1 atom stereocenters. The van der Waals surface area contributed by atoms with Gasteiger partial charge in [-0.25, -0.2) is 15.0 Å². The molecule has 1 heterocycles. The molecule has 8 nitrogen and oxygen atoms in total. The molecule has 0 amide bonds. The summed E-state index contributed by atoms with van der Waals surface area (Å²) in [7, 11) is 3.07. The number of halogens is 2. The second kappa shape index (κ2) is 15.8. The first-order valence-electron chi connectivity index (χ1n) is 14.8. The van der Waals surface area contributed by atoms with E-state index in [1.807, 2.05) is 59.5 Å². The lowest BCUT2D eigenvalue weighted by Gasteiger charge is -2.37. The van der Waals surface area contributed by atoms with E-state index in [4.69, 9.17) is 9.47 Å². The molecule has 0 bridgehead atoms. The fraction of sp³-hybridized carbons (Fsp3) is 0.250. The molecule has 46 heavy (non-hydrogen) atoms. The van der Waals surface area contributed by atoms with Gasteiger partial charge in [-0.15, -0.1) is 12.4 Å². The van der Waals surface area contributed by atoms with E-state index in [0.29, 0.717) is 15.8 Å². The van der Waals surface area contributed by atoms with E-state index < -0.39 is 12.0 Å². The molecule has 5 rings (SSSR count). The van der Waals surface area contributed by atoms with Gasteiger partial charge in [0.2, 0.25) is 0 Å². The maximum Gasteiger partial charge on any atom is 0.339 e. The zero-order valence-electron chi connectivity index (χ0n) is 26.0. The fourth-order valence-corrected chi connectivity index (χ4v) is 6.40. The highest BCUT2D eigenvalue weighted by atomic mass is 79.9. The predicted octanol–water partition coefficient (Wildman–Crippen LogP) is 8.32. The number of nitrogens with one attached hydrogen (secondary N) is 1. The number of carboxylic acid groups (broad SMARTS) is 1. The molecule has 2 N–H and O–H groups in total. The van der Waals surface area contributed by atoms with Crippen molar-refractivity contribution in [2.24, 2.45) is 0 Å². The summed E-state index contributed by atoms with van der Waals surface area (Å²) in [5.74, 6) is 1.69. The molecule has 10 heteroatoms. The number of para-hydroxylation sites is 1. The number of methoxy groups -OCH3 is 2. The van der Waals surface area contributed by atoms with Gasteiger partial charge in [-0.2, -0.15) is 0 Å². The minimum atomic E-state index is -1.12. The highest BCUT2D eigenvalue weighted by molar-refractivity contribution is 9.10. The summed E-state index contributed by atoms with van der Waals surface area (Å²) >= 11 is 3.55. The van der Waals surface area contributed by atoms with Crippen LogP contribution in [-0.2, 0) is 4.79 Å². The van der Waals surface area contributed by atoms with Gasteiger partial charge in [-0.3, -0.25) is 5.01 Å². The first-order chi connectivity index (χ1) is 21.9. The summed E-state index contributed by atoms with van der Waals surface area (Å²) in [4.78, 5) is 26.3. The van der Waals surface area contributed by atoms with Crippen molar-refractivity contribution in [2.45, 2.75) is 32.2 Å². The molecule has 0 saturated carbocycles. The maximum absolute atomic E-state index is 12.0. The number of aromatic carboxylic acids is 1. The number of rotatable bonds is 11. The van der Waals surface area contributed by atoms with Gasteiger partial charge < -0.3 is 19.5 Å². The van der Waals surface area contributed by atoms with Crippen molar-refractivity contribution in [3.05, 3.63) is 106 Å². The average Bonchev–Trinajstić information content (AvgIpc) is 3.07. The van der Waals surface area contributed by atoms with E-state index in [0.717, 1.165) is 59.7 Å². The number of carboxylic acids is 1. The monoisotopic (exact) mass is 705 g/mol. The molecule has 4 aromatic carbocycles. The summed E-state index contributed by atoms with van der Waals surface area (Å²) in [5, 5.41) is 11.7. The zero-order valence-corrected chi connectivity index (χ0v) is 28.4. The van der Waals surface area contributed by atoms with Crippen molar-refractivity contribution < 1.29 is 24.2 Å². The number of benzene rings is 4. The van der Waals surface area contributed by atoms with Gasteiger partial charge in [-0.1, -0.05) is 58.4 Å². The molecule has 1 aliphatic heterocycles. The highest BCUT2D eigenvalue weighted by Crippen LogP contribution is 2.42. The Bertz CT molecular complexity index is 1720. The summed E-state index contributed by atoms with van der Waals surface area (Å²) in [6.45, 7) is 3.95. The lowest BCUT2D eigenvalue weighted by Crippen LogP contribution is -2.39. The fourth-order valence-electron chi connectivity index (χ4n) is 5.81. The molecule has 0 spiro atoms. The van der Waals surface area contributed by atoms with Crippen LogP contribution in [0.3, 0.4) is 0 Å². The number of carbonyl (C=O) groups is 1. The topological polar surface area (TPSA) is 91.3 Å². The lowest BCUT2D eigenvalue weighted by atomic mass is 10.0. The van der Waals surface area contributed by atoms with Gasteiger partial charge in [0.05, 0.1) is 37.3 Å². The molecule has 1 aliphatic rings. The molecular formula is C36H37BrClN3O5. The van der Waals surface area contributed by atoms with Crippen molar-refractivity contribution in [2.75, 3.05) is 37.2 Å². The SMILES string of the molecule is COc1cc(C(C=C=O)NN(c2ccc(-c3ccccc3)c(OC)c2)c2c(C)cccc2N2CCCCC2)c(Br)cc1C(=O)O.Cl. The van der Waals surface area contributed by atoms with Crippen LogP contribution in [0, 0.1) is 6.92 Å². The highest BCUT2D eigenvalue weighted by Gasteiger charge is 2.27. The quantitative estimate of drug-likeness (QED) is 0.119. The number of hydrogen-bond acceptors (Lipinski definition) is 7. The van der Waals surface area contributed by atoms with Crippen molar-refractivity contribution in [3.8, 4) is 22.6 Å². The van der Waals surface area contributed by atoms with Crippen molar-refractivity contribution in [1.29, 1.82) is 0 Å². The van der Waals surface area contributed by atoms with Gasteiger partial charge in [-0.05, 0) is 73.2 Å². The smallest absolute Gasteiger partial charge is 0.339 e. The van der Waals surface area contributed by atoms with Gasteiger partial charge >= 0.3 is 5.97 Å². The number of aryl methyl sites for hydroxylation is 1. The van der Waals surface area contributed by atoms with Crippen LogP contribution < -0.4 is 24.8 Å². The van der Waals surface area contributed by atoms with Gasteiger partial charge in [0.1, 0.15) is 23.0 Å². The molecule has 1 fully saturated rings. The van der Waals surface area contributed by atoms with Crippen LogP contribution in [0.1, 0.15) is 46.8 Å². The number of nitrogens with zero attached hydrogens (tertiary/aromatic N) is 2. The summed E-state index contributed by atoms with van der Waals surface area (Å²) in [6, 6.07) is 24.7. The largest absolute Gasteiger partial charge is 0.496 e. The first-order valence-corrected chi connectivity index (χ1v) is 15.6. The van der Waals surface area contributed by atoms with Crippen LogP contribution in [0.2, 0.25) is 0 Å². The second-order valence-electron chi connectivity index (χ2n) is 10.8. The Kier molecular flexibility index (Phi) is 11.9. The van der Waals surface area contributed by atoms with Crippen LogP contribution in [-0.4, -0.2) is 44.3 Å². The third kappa shape index (κ3) is 7.40. The van der Waals surface area contributed by atoms with Crippen LogP contribution in [0.4, 0.5) is 17.1 Å². The van der Waals surface area contributed by atoms with E-state index >= 15 is 0 Å². The second-order valence-corrected chi connectivity index (χ2v) is 11.7. The van der Waals surface area contributed by atoms with Crippen LogP contribution in [0.15, 0.2) is 89.4 Å². The van der Waals surface area contributed by atoms with E-state index in [-0.39, 0.29) is 23.7 Å². The lowest BCUT2D eigenvalue weighted by molar-refractivity contribution is 0.0693. The third-order valence-corrected chi connectivity index (χ3v) is 8.74. The Hall–Kier alpha value is -4.27. The Balaban J connectivity index is 0.00000480. The Morgan fingerprint density at radius 2 is 1.70 bits per heavy atom. The van der Waals surface area contributed by atoms with Crippen LogP contribution in [0.5, 0.6) is 11.5 Å². The van der Waals surface area contributed by atoms with E-state index in [9.17, 15) is 14.7 Å². The molecule has 0 aromatic heterocycles. The minimum Gasteiger partial charge on any atom is -0.496 e. The van der Waals surface area contributed by atoms with Crippen molar-refractivity contribution in [3.63, 3.8) is 0 Å². The Morgan fingerprint density at radius 1 is 0.978 bits per heavy atom. The molecule has 1 saturated heterocycles. The van der Waals surface area contributed by atoms with Crippen LogP contribution in [0.25, 0.3) is 11.1 Å². The molecule has 0 aliphatic carbocycles. The zero-order chi connectivity index (χ0) is 31.9. The summed E-state index contributed by atoms with van der Waals surface area (Å²) in [6.07, 6.45) is 4.80. The van der Waals surface area contributed by atoms with E-state index in [2.05, 4.69) is 51.4 Å². The molecule has 4 aromatic rings. The molecule has 240 valence electrons. The normalized spacial score (nSPS) is 13.2. The Morgan fingerprint density at radius 3 is 2.35 bits per heavy atom.